The zero-order valence-electron chi connectivity index (χ0n) is 11.8. The molecule has 0 aliphatic carbocycles. The Bertz CT molecular complexity index is 790. The number of pyridine rings is 1. The second-order valence-electron chi connectivity index (χ2n) is 5.02. The van der Waals surface area contributed by atoms with Gasteiger partial charge in [0.25, 0.3) is 5.56 Å². The Balaban J connectivity index is 1.76. The van der Waals surface area contributed by atoms with Crippen molar-refractivity contribution in [2.75, 3.05) is 0 Å². The molecule has 106 valence electrons. The minimum absolute atomic E-state index is 0.0510. The SMILES string of the molecule is Cc1cccn(Cc2csc(Cc3ccccc3)n2)c1=O. The van der Waals surface area contributed by atoms with E-state index in [1.807, 2.05) is 48.8 Å². The molecule has 0 saturated heterocycles. The summed E-state index contributed by atoms with van der Waals surface area (Å²) in [5.41, 5.74) is 3.01. The lowest BCUT2D eigenvalue weighted by atomic mass is 10.2. The smallest absolute Gasteiger partial charge is 0.253 e. The van der Waals surface area contributed by atoms with Crippen molar-refractivity contribution < 1.29 is 0 Å². The molecular formula is C17H16N2OS. The van der Waals surface area contributed by atoms with E-state index in [1.165, 1.54) is 5.56 Å². The minimum atomic E-state index is 0.0510. The third-order valence-electron chi connectivity index (χ3n) is 3.34. The van der Waals surface area contributed by atoms with Crippen molar-refractivity contribution in [3.8, 4) is 0 Å². The van der Waals surface area contributed by atoms with E-state index in [4.69, 9.17) is 0 Å². The highest BCUT2D eigenvalue weighted by Gasteiger charge is 2.05. The molecule has 3 aromatic rings. The number of aromatic nitrogens is 2. The predicted octanol–water partition coefficient (Wildman–Crippen LogP) is 3.25. The molecule has 1 aromatic carbocycles. The van der Waals surface area contributed by atoms with Crippen molar-refractivity contribution in [3.05, 3.63) is 86.2 Å². The van der Waals surface area contributed by atoms with Crippen molar-refractivity contribution in [1.82, 2.24) is 9.55 Å². The van der Waals surface area contributed by atoms with Crippen LogP contribution in [-0.4, -0.2) is 9.55 Å². The van der Waals surface area contributed by atoms with Crippen LogP contribution >= 0.6 is 11.3 Å². The van der Waals surface area contributed by atoms with Crippen LogP contribution in [0, 0.1) is 6.92 Å². The summed E-state index contributed by atoms with van der Waals surface area (Å²) >= 11 is 1.65. The van der Waals surface area contributed by atoms with Gasteiger partial charge in [-0.05, 0) is 18.6 Å². The van der Waals surface area contributed by atoms with E-state index in [9.17, 15) is 4.79 Å². The number of thiazole rings is 1. The molecule has 0 amide bonds. The Morgan fingerprint density at radius 2 is 1.95 bits per heavy atom. The normalized spacial score (nSPS) is 10.7. The van der Waals surface area contributed by atoms with Crippen LogP contribution in [0.4, 0.5) is 0 Å². The van der Waals surface area contributed by atoms with E-state index in [-0.39, 0.29) is 5.56 Å². The lowest BCUT2D eigenvalue weighted by molar-refractivity contribution is 0.735. The van der Waals surface area contributed by atoms with Gasteiger partial charge in [-0.1, -0.05) is 36.4 Å². The highest BCUT2D eigenvalue weighted by Crippen LogP contribution is 2.15. The first-order chi connectivity index (χ1) is 10.2. The van der Waals surface area contributed by atoms with Crippen molar-refractivity contribution >= 4 is 11.3 Å². The molecule has 3 nitrogen and oxygen atoms in total. The lowest BCUT2D eigenvalue weighted by Gasteiger charge is -2.03. The Morgan fingerprint density at radius 3 is 2.76 bits per heavy atom. The first-order valence-electron chi connectivity index (χ1n) is 6.85. The van der Waals surface area contributed by atoms with Gasteiger partial charge in [0.2, 0.25) is 0 Å². The molecular weight excluding hydrogens is 280 g/mol. The van der Waals surface area contributed by atoms with Crippen LogP contribution in [0.3, 0.4) is 0 Å². The molecule has 0 unspecified atom stereocenters. The van der Waals surface area contributed by atoms with Crippen molar-refractivity contribution in [1.29, 1.82) is 0 Å². The minimum Gasteiger partial charge on any atom is -0.309 e. The van der Waals surface area contributed by atoms with Gasteiger partial charge in [0.05, 0.1) is 17.2 Å². The van der Waals surface area contributed by atoms with E-state index in [1.54, 1.807) is 15.9 Å². The van der Waals surface area contributed by atoms with Gasteiger partial charge in [-0.15, -0.1) is 11.3 Å². The molecule has 4 heteroatoms. The maximum Gasteiger partial charge on any atom is 0.253 e. The maximum absolute atomic E-state index is 12.0. The quantitative estimate of drug-likeness (QED) is 0.741. The van der Waals surface area contributed by atoms with E-state index < -0.39 is 0 Å². The Kier molecular flexibility index (Phi) is 3.97. The summed E-state index contributed by atoms with van der Waals surface area (Å²) in [5, 5.41) is 3.12. The van der Waals surface area contributed by atoms with Crippen molar-refractivity contribution in [2.24, 2.45) is 0 Å². The molecule has 0 aliphatic rings. The fourth-order valence-corrected chi connectivity index (χ4v) is 3.05. The number of hydrogen-bond acceptors (Lipinski definition) is 3. The summed E-state index contributed by atoms with van der Waals surface area (Å²) in [6.07, 6.45) is 2.65. The second kappa shape index (κ2) is 6.06. The van der Waals surface area contributed by atoms with E-state index in [2.05, 4.69) is 17.1 Å². The molecule has 0 atom stereocenters. The second-order valence-corrected chi connectivity index (χ2v) is 5.96. The molecule has 0 spiro atoms. The molecule has 0 fully saturated rings. The van der Waals surface area contributed by atoms with Gasteiger partial charge in [-0.25, -0.2) is 4.98 Å². The molecule has 0 aliphatic heterocycles. The molecule has 0 N–H and O–H groups in total. The fourth-order valence-electron chi connectivity index (χ4n) is 2.23. The topological polar surface area (TPSA) is 34.9 Å². The third kappa shape index (κ3) is 3.28. The molecule has 2 aromatic heterocycles. The lowest BCUT2D eigenvalue weighted by Crippen LogP contribution is -2.21. The number of nitrogens with zero attached hydrogens (tertiary/aromatic N) is 2. The van der Waals surface area contributed by atoms with Crippen LogP contribution < -0.4 is 5.56 Å². The fraction of sp³-hybridized carbons (Fsp3) is 0.176. The van der Waals surface area contributed by atoms with Gasteiger partial charge >= 0.3 is 0 Å². The first-order valence-corrected chi connectivity index (χ1v) is 7.73. The number of hydrogen-bond donors (Lipinski definition) is 0. The first kappa shape index (κ1) is 13.8. The summed E-state index contributed by atoms with van der Waals surface area (Å²) < 4.78 is 1.71. The van der Waals surface area contributed by atoms with Crippen LogP contribution in [0.2, 0.25) is 0 Å². The van der Waals surface area contributed by atoms with E-state index >= 15 is 0 Å². The van der Waals surface area contributed by atoms with Crippen LogP contribution in [0.15, 0.2) is 58.8 Å². The molecule has 0 radical (unpaired) electrons. The Labute approximate surface area is 127 Å². The van der Waals surface area contributed by atoms with E-state index in [0.29, 0.717) is 6.54 Å². The number of aryl methyl sites for hydroxylation is 1. The van der Waals surface area contributed by atoms with Crippen molar-refractivity contribution in [2.45, 2.75) is 19.9 Å². The Hall–Kier alpha value is -2.20. The Morgan fingerprint density at radius 1 is 1.14 bits per heavy atom. The molecule has 0 bridgehead atoms. The molecule has 21 heavy (non-hydrogen) atoms. The van der Waals surface area contributed by atoms with Crippen LogP contribution in [0.1, 0.15) is 21.8 Å². The van der Waals surface area contributed by atoms with Gasteiger partial charge in [-0.3, -0.25) is 4.79 Å². The molecule has 2 heterocycles. The van der Waals surface area contributed by atoms with Crippen molar-refractivity contribution in [3.63, 3.8) is 0 Å². The number of benzene rings is 1. The summed E-state index contributed by atoms with van der Waals surface area (Å²) in [4.78, 5) is 16.6. The summed E-state index contributed by atoms with van der Waals surface area (Å²) in [7, 11) is 0. The summed E-state index contributed by atoms with van der Waals surface area (Å²) in [6.45, 7) is 2.37. The summed E-state index contributed by atoms with van der Waals surface area (Å²) in [5.74, 6) is 0. The van der Waals surface area contributed by atoms with Gasteiger partial charge in [0, 0.05) is 23.6 Å². The molecule has 3 rings (SSSR count). The van der Waals surface area contributed by atoms with Gasteiger partial charge in [-0.2, -0.15) is 0 Å². The largest absolute Gasteiger partial charge is 0.309 e. The average molecular weight is 296 g/mol. The van der Waals surface area contributed by atoms with Crippen LogP contribution in [-0.2, 0) is 13.0 Å². The van der Waals surface area contributed by atoms with Crippen LogP contribution in [0.5, 0.6) is 0 Å². The third-order valence-corrected chi connectivity index (χ3v) is 4.24. The van der Waals surface area contributed by atoms with Gasteiger partial charge in [0.15, 0.2) is 0 Å². The molecule has 0 saturated carbocycles. The monoisotopic (exact) mass is 296 g/mol. The zero-order chi connectivity index (χ0) is 14.7. The highest BCUT2D eigenvalue weighted by molar-refractivity contribution is 7.09. The van der Waals surface area contributed by atoms with Gasteiger partial charge < -0.3 is 4.57 Å². The standard InChI is InChI=1S/C17H16N2OS/c1-13-6-5-9-19(17(13)20)11-15-12-21-16(18-15)10-14-7-3-2-4-8-14/h2-9,12H,10-11H2,1H3. The highest BCUT2D eigenvalue weighted by atomic mass is 32.1. The van der Waals surface area contributed by atoms with Crippen LogP contribution in [0.25, 0.3) is 0 Å². The maximum atomic E-state index is 12.0. The zero-order valence-corrected chi connectivity index (χ0v) is 12.6. The predicted molar refractivity (Wildman–Crippen MR) is 85.9 cm³/mol. The average Bonchev–Trinajstić information content (AvgIpc) is 2.92. The van der Waals surface area contributed by atoms with E-state index in [0.717, 1.165) is 22.7 Å². The number of rotatable bonds is 4. The van der Waals surface area contributed by atoms with Gasteiger partial charge in [0.1, 0.15) is 0 Å². The summed E-state index contributed by atoms with van der Waals surface area (Å²) in [6, 6.07) is 14.0.